The molecule has 2 aliphatic rings. The number of allylic oxidation sites excluding steroid dienone is 5. The van der Waals surface area contributed by atoms with E-state index in [4.69, 9.17) is 0 Å². The van der Waals surface area contributed by atoms with Crippen LogP contribution in [0.15, 0.2) is 51.3 Å². The molecule has 0 saturated carbocycles. The van der Waals surface area contributed by atoms with Crippen LogP contribution in [-0.4, -0.2) is 0 Å². The molecule has 0 heterocycles. The van der Waals surface area contributed by atoms with Crippen LogP contribution < -0.4 is 24.8 Å². The maximum Gasteiger partial charge on any atom is -1.00 e. The van der Waals surface area contributed by atoms with E-state index < -0.39 is 23.2 Å². The third-order valence-corrected chi connectivity index (χ3v) is 8.40. The van der Waals surface area contributed by atoms with E-state index in [-0.39, 0.29) is 24.8 Å². The number of hydrogen-bond donors (Lipinski definition) is 0. The summed E-state index contributed by atoms with van der Waals surface area (Å²) in [4.78, 5) is 0. The summed E-state index contributed by atoms with van der Waals surface area (Å²) in [6.07, 6.45) is 10.5. The second kappa shape index (κ2) is 6.57. The maximum atomic E-state index is 2.45. The zero-order valence-corrected chi connectivity index (χ0v) is 15.1. The summed E-state index contributed by atoms with van der Waals surface area (Å²) >= 11 is -0.574. The number of benzene rings is 1. The Morgan fingerprint density at radius 1 is 1.16 bits per heavy atom. The molecule has 0 fully saturated rings. The Morgan fingerprint density at radius 2 is 1.89 bits per heavy atom. The SMILES string of the molecule is CC1=Cc2ccccc2[C]1(C)[Zr+2][C]1=CC=CC1.[Cl-].[Cl-]. The van der Waals surface area contributed by atoms with Crippen molar-refractivity contribution in [2.45, 2.75) is 23.4 Å². The van der Waals surface area contributed by atoms with E-state index in [0.717, 1.165) is 0 Å². The molecule has 1 unspecified atom stereocenters. The predicted octanol–water partition coefficient (Wildman–Crippen LogP) is -1.75. The molecule has 0 aliphatic heterocycles. The summed E-state index contributed by atoms with van der Waals surface area (Å²) < 4.78 is 2.10. The van der Waals surface area contributed by atoms with Crippen molar-refractivity contribution in [2.24, 2.45) is 0 Å². The first-order valence-corrected chi connectivity index (χ1v) is 8.58. The van der Waals surface area contributed by atoms with Crippen molar-refractivity contribution in [1.29, 1.82) is 0 Å². The van der Waals surface area contributed by atoms with Crippen molar-refractivity contribution >= 4 is 6.08 Å². The van der Waals surface area contributed by atoms with Crippen molar-refractivity contribution in [3.63, 3.8) is 0 Å². The van der Waals surface area contributed by atoms with Gasteiger partial charge in [0, 0.05) is 0 Å². The Balaban J connectivity index is 0.000000902. The van der Waals surface area contributed by atoms with Crippen molar-refractivity contribution in [2.75, 3.05) is 0 Å². The van der Waals surface area contributed by atoms with Crippen LogP contribution in [0.3, 0.4) is 0 Å². The van der Waals surface area contributed by atoms with Gasteiger partial charge in [-0.05, 0) is 0 Å². The quantitative estimate of drug-likeness (QED) is 0.580. The second-order valence-electron chi connectivity index (χ2n) is 4.99. The minimum absolute atomic E-state index is 0. The summed E-state index contributed by atoms with van der Waals surface area (Å²) in [5.41, 5.74) is 4.58. The van der Waals surface area contributed by atoms with Crippen molar-refractivity contribution in [1.82, 2.24) is 0 Å². The van der Waals surface area contributed by atoms with Crippen molar-refractivity contribution in [3.05, 3.63) is 62.5 Å². The fraction of sp³-hybridized carbons (Fsp3) is 0.250. The van der Waals surface area contributed by atoms with Gasteiger partial charge in [-0.3, -0.25) is 0 Å². The first-order chi connectivity index (χ1) is 8.20. The molecule has 0 radical (unpaired) electrons. The van der Waals surface area contributed by atoms with Crippen molar-refractivity contribution < 1.29 is 48.0 Å². The molecule has 19 heavy (non-hydrogen) atoms. The molecule has 2 aliphatic carbocycles. The van der Waals surface area contributed by atoms with Gasteiger partial charge in [0.25, 0.3) is 0 Å². The predicted molar refractivity (Wildman–Crippen MR) is 69.3 cm³/mol. The zero-order valence-electron chi connectivity index (χ0n) is 11.1. The Morgan fingerprint density at radius 3 is 2.58 bits per heavy atom. The number of hydrogen-bond acceptors (Lipinski definition) is 0. The molecule has 0 N–H and O–H groups in total. The van der Waals surface area contributed by atoms with Gasteiger partial charge in [0.2, 0.25) is 0 Å². The first kappa shape index (κ1) is 17.0. The summed E-state index contributed by atoms with van der Waals surface area (Å²) in [7, 11) is 0. The molecule has 3 heteroatoms. The average Bonchev–Trinajstić information content (AvgIpc) is 2.89. The maximum absolute atomic E-state index is 2.45. The Bertz CT molecular complexity index is 558. The molecule has 3 rings (SSSR count). The number of fused-ring (bicyclic) bond motifs is 1. The van der Waals surface area contributed by atoms with Gasteiger partial charge in [-0.1, -0.05) is 0 Å². The van der Waals surface area contributed by atoms with Crippen LogP contribution in [0.2, 0.25) is 0 Å². The minimum atomic E-state index is -0.574. The van der Waals surface area contributed by atoms with Crippen LogP contribution >= 0.6 is 0 Å². The van der Waals surface area contributed by atoms with Crippen LogP contribution in [0.1, 0.15) is 31.4 Å². The third kappa shape index (κ3) is 2.99. The van der Waals surface area contributed by atoms with Crippen molar-refractivity contribution in [3.8, 4) is 0 Å². The fourth-order valence-corrected chi connectivity index (χ4v) is 6.81. The molecule has 1 atom stereocenters. The zero-order chi connectivity index (χ0) is 11.9. The molecular weight excluding hydrogens is 354 g/mol. The van der Waals surface area contributed by atoms with E-state index in [0.29, 0.717) is 3.12 Å². The number of halogens is 2. The number of rotatable bonds is 2. The smallest absolute Gasteiger partial charge is 1.00 e. The van der Waals surface area contributed by atoms with Gasteiger partial charge in [0.15, 0.2) is 0 Å². The van der Waals surface area contributed by atoms with Gasteiger partial charge in [-0.15, -0.1) is 0 Å². The Labute approximate surface area is 139 Å². The molecular formula is C16H16Cl2Zr. The van der Waals surface area contributed by atoms with Gasteiger partial charge in [-0.2, -0.15) is 0 Å². The van der Waals surface area contributed by atoms with E-state index >= 15 is 0 Å². The van der Waals surface area contributed by atoms with E-state index in [2.05, 4.69) is 62.4 Å². The van der Waals surface area contributed by atoms with Gasteiger partial charge in [-0.25, -0.2) is 0 Å². The molecule has 0 aromatic heterocycles. The summed E-state index contributed by atoms with van der Waals surface area (Å²) in [5.74, 6) is 0. The summed E-state index contributed by atoms with van der Waals surface area (Å²) in [6, 6.07) is 8.91. The normalized spacial score (nSPS) is 22.6. The van der Waals surface area contributed by atoms with Gasteiger partial charge in [0.05, 0.1) is 0 Å². The minimum Gasteiger partial charge on any atom is -1.00 e. The van der Waals surface area contributed by atoms with Crippen LogP contribution in [0.4, 0.5) is 0 Å². The second-order valence-corrected chi connectivity index (χ2v) is 9.64. The monoisotopic (exact) mass is 368 g/mol. The molecule has 98 valence electrons. The Hall–Kier alpha value is -0.0969. The standard InChI is InChI=1S/C11H11.C5H5.2ClH.Zr/c1-8-7-10-5-3-4-6-11(10)9(8)2;1-2-4-5-3-1;;;/h3-7H,1-2H3;1-3H,4H2;2*1H;/q;;;;+2/p-2. The molecule has 0 amide bonds. The third-order valence-electron chi connectivity index (χ3n) is 3.84. The molecule has 0 bridgehead atoms. The van der Waals surface area contributed by atoms with E-state index in [1.54, 1.807) is 14.4 Å². The van der Waals surface area contributed by atoms with Crippen LogP contribution in [0.5, 0.6) is 0 Å². The molecule has 0 spiro atoms. The Kier molecular flexibility index (Phi) is 5.86. The molecule has 1 aromatic rings. The van der Waals surface area contributed by atoms with Gasteiger partial charge in [0.1, 0.15) is 0 Å². The van der Waals surface area contributed by atoms with Gasteiger partial charge < -0.3 is 24.8 Å². The summed E-state index contributed by atoms with van der Waals surface area (Å²) in [6.45, 7) is 4.76. The van der Waals surface area contributed by atoms with Crippen LogP contribution in [0.25, 0.3) is 6.08 Å². The molecule has 1 aromatic carbocycles. The van der Waals surface area contributed by atoms with E-state index in [1.807, 2.05) is 0 Å². The van der Waals surface area contributed by atoms with Crippen LogP contribution in [-0.2, 0) is 26.4 Å². The first-order valence-electron chi connectivity index (χ1n) is 6.12. The largest absolute Gasteiger partial charge is 1.00 e. The summed E-state index contributed by atoms with van der Waals surface area (Å²) in [5, 5.41) is 0. The average molecular weight is 370 g/mol. The topological polar surface area (TPSA) is 0 Å². The molecule has 0 saturated heterocycles. The fourth-order valence-electron chi connectivity index (χ4n) is 2.70. The van der Waals surface area contributed by atoms with E-state index in [9.17, 15) is 0 Å². The van der Waals surface area contributed by atoms with Crippen LogP contribution in [0, 0.1) is 0 Å². The van der Waals surface area contributed by atoms with E-state index in [1.165, 1.54) is 12.0 Å². The van der Waals surface area contributed by atoms with Gasteiger partial charge >= 0.3 is 115 Å². The molecule has 0 nitrogen and oxygen atoms in total.